The molecule has 0 N–H and O–H groups in total. The standard InChI is InChI=1S/C42H79NO7/c1-6-8-10-12-14-16-18-19-20-21-22-23-25-26-28-30-32-40(44)49-37-38(36-48-35-34-39(42(46)47)43(3,4)5)50-41(45)33-31-29-27-24-17-15-13-11-9-7-2/h13,15,38-39H,6-12,14,16-37H2,1-5H3/b15-13+. The molecular weight excluding hydrogens is 630 g/mol. The number of unbranched alkanes of at least 4 members (excludes halogenated alkanes) is 21. The van der Waals surface area contributed by atoms with Crippen LogP contribution in [0.4, 0.5) is 0 Å². The summed E-state index contributed by atoms with van der Waals surface area (Å²) in [6.07, 6.45) is 33.8. The summed E-state index contributed by atoms with van der Waals surface area (Å²) >= 11 is 0. The van der Waals surface area contributed by atoms with E-state index in [9.17, 15) is 19.5 Å². The highest BCUT2D eigenvalue weighted by molar-refractivity contribution is 5.70. The molecule has 0 fully saturated rings. The first-order valence-corrected chi connectivity index (χ1v) is 20.7. The van der Waals surface area contributed by atoms with Crippen LogP contribution in [0, 0.1) is 0 Å². The lowest BCUT2D eigenvalue weighted by atomic mass is 10.0. The quantitative estimate of drug-likeness (QED) is 0.0274. The highest BCUT2D eigenvalue weighted by Gasteiger charge is 2.25. The molecule has 2 unspecified atom stereocenters. The fourth-order valence-corrected chi connectivity index (χ4v) is 6.11. The van der Waals surface area contributed by atoms with Crippen LogP contribution in [0.2, 0.25) is 0 Å². The van der Waals surface area contributed by atoms with E-state index < -0.39 is 18.1 Å². The van der Waals surface area contributed by atoms with E-state index >= 15 is 0 Å². The van der Waals surface area contributed by atoms with Crippen LogP contribution in [0.1, 0.15) is 187 Å². The minimum atomic E-state index is -1.13. The van der Waals surface area contributed by atoms with Crippen molar-refractivity contribution in [1.29, 1.82) is 0 Å². The number of carbonyl (C=O) groups excluding carboxylic acids is 3. The predicted molar refractivity (Wildman–Crippen MR) is 204 cm³/mol. The van der Waals surface area contributed by atoms with Crippen LogP contribution in [0.15, 0.2) is 12.2 Å². The maximum atomic E-state index is 12.6. The van der Waals surface area contributed by atoms with Gasteiger partial charge in [-0.25, -0.2) is 0 Å². The largest absolute Gasteiger partial charge is 0.544 e. The zero-order chi connectivity index (χ0) is 37.1. The summed E-state index contributed by atoms with van der Waals surface area (Å²) < 4.78 is 17.1. The number of likely N-dealkylation sites (N-methyl/N-ethyl adjacent to an activating group) is 1. The van der Waals surface area contributed by atoms with Crippen molar-refractivity contribution in [2.45, 2.75) is 199 Å². The van der Waals surface area contributed by atoms with Crippen LogP contribution in [-0.2, 0) is 28.6 Å². The molecule has 0 amide bonds. The molecule has 0 bridgehead atoms. The van der Waals surface area contributed by atoms with Gasteiger partial charge in [-0.15, -0.1) is 0 Å². The van der Waals surface area contributed by atoms with Gasteiger partial charge >= 0.3 is 11.9 Å². The van der Waals surface area contributed by atoms with Crippen molar-refractivity contribution in [1.82, 2.24) is 0 Å². The first-order valence-electron chi connectivity index (χ1n) is 20.7. The molecule has 0 aliphatic heterocycles. The Morgan fingerprint density at radius 3 is 1.50 bits per heavy atom. The molecule has 0 heterocycles. The molecule has 0 saturated carbocycles. The van der Waals surface area contributed by atoms with Crippen molar-refractivity contribution < 1.29 is 38.2 Å². The molecule has 0 spiro atoms. The molecule has 0 aromatic rings. The van der Waals surface area contributed by atoms with Crippen molar-refractivity contribution >= 4 is 17.9 Å². The first kappa shape index (κ1) is 48.1. The number of carboxylic acid groups (broad SMARTS) is 1. The lowest BCUT2D eigenvalue weighted by molar-refractivity contribution is -0.889. The molecule has 0 aromatic carbocycles. The van der Waals surface area contributed by atoms with Gasteiger partial charge in [-0.3, -0.25) is 9.59 Å². The third kappa shape index (κ3) is 32.0. The number of carbonyl (C=O) groups is 3. The fraction of sp³-hybridized carbons (Fsp3) is 0.881. The highest BCUT2D eigenvalue weighted by Crippen LogP contribution is 2.15. The molecule has 0 radical (unpaired) electrons. The third-order valence-electron chi connectivity index (χ3n) is 9.40. The molecule has 0 saturated heterocycles. The molecule has 50 heavy (non-hydrogen) atoms. The summed E-state index contributed by atoms with van der Waals surface area (Å²) in [5, 5.41) is 11.6. The van der Waals surface area contributed by atoms with Crippen LogP contribution in [0.25, 0.3) is 0 Å². The second kappa shape index (κ2) is 34.2. The minimum absolute atomic E-state index is 0.0410. The lowest BCUT2D eigenvalue weighted by Crippen LogP contribution is -2.55. The molecule has 0 aliphatic rings. The number of rotatable bonds is 37. The summed E-state index contributed by atoms with van der Waals surface area (Å²) in [5.41, 5.74) is 0. The van der Waals surface area contributed by atoms with E-state index in [-0.39, 0.29) is 42.7 Å². The smallest absolute Gasteiger partial charge is 0.306 e. The molecule has 8 heteroatoms. The monoisotopic (exact) mass is 710 g/mol. The van der Waals surface area contributed by atoms with Crippen molar-refractivity contribution in [3.05, 3.63) is 12.2 Å². The predicted octanol–water partition coefficient (Wildman–Crippen LogP) is 9.41. The van der Waals surface area contributed by atoms with Gasteiger partial charge in [0.15, 0.2) is 6.10 Å². The van der Waals surface area contributed by atoms with Crippen LogP contribution in [0.5, 0.6) is 0 Å². The summed E-state index contributed by atoms with van der Waals surface area (Å²) in [4.78, 5) is 36.7. The first-order chi connectivity index (χ1) is 24.1. The number of esters is 2. The molecule has 0 rings (SSSR count). The van der Waals surface area contributed by atoms with Gasteiger partial charge < -0.3 is 28.6 Å². The van der Waals surface area contributed by atoms with Gasteiger partial charge in [-0.1, -0.05) is 148 Å². The van der Waals surface area contributed by atoms with E-state index in [4.69, 9.17) is 14.2 Å². The molecule has 294 valence electrons. The maximum absolute atomic E-state index is 12.6. The Bertz CT molecular complexity index is 838. The number of allylic oxidation sites excluding steroid dienone is 2. The van der Waals surface area contributed by atoms with Crippen molar-refractivity contribution in [3.63, 3.8) is 0 Å². The van der Waals surface area contributed by atoms with Crippen molar-refractivity contribution in [2.24, 2.45) is 0 Å². The zero-order valence-corrected chi connectivity index (χ0v) is 33.3. The number of ether oxygens (including phenoxy) is 3. The topological polar surface area (TPSA) is 102 Å². The Labute approximate surface area is 308 Å². The molecule has 0 aliphatic carbocycles. The van der Waals surface area contributed by atoms with E-state index in [0.717, 1.165) is 57.8 Å². The number of quaternary nitrogens is 1. The van der Waals surface area contributed by atoms with Gasteiger partial charge in [-0.2, -0.15) is 0 Å². The average molecular weight is 710 g/mol. The van der Waals surface area contributed by atoms with Crippen LogP contribution in [-0.4, -0.2) is 75.5 Å². The Morgan fingerprint density at radius 2 is 1.02 bits per heavy atom. The number of carboxylic acids is 1. The Hall–Kier alpha value is -1.93. The second-order valence-corrected chi connectivity index (χ2v) is 15.2. The molecule has 8 nitrogen and oxygen atoms in total. The SMILES string of the molecule is CCCC/C=C/CCCCCCC(=O)OC(COCCC(C(=O)[O-])[N+](C)(C)C)COC(=O)CCCCCCCCCCCCCCCCCC. The van der Waals surface area contributed by atoms with E-state index in [2.05, 4.69) is 26.0 Å². The summed E-state index contributed by atoms with van der Waals surface area (Å²) in [6, 6.07) is -0.722. The number of hydrogen-bond acceptors (Lipinski definition) is 7. The highest BCUT2D eigenvalue weighted by atomic mass is 16.6. The lowest BCUT2D eigenvalue weighted by Gasteiger charge is -2.34. The van der Waals surface area contributed by atoms with Gasteiger partial charge in [0, 0.05) is 19.3 Å². The summed E-state index contributed by atoms with van der Waals surface area (Å²) in [7, 11) is 5.40. The molecule has 0 aromatic heterocycles. The maximum Gasteiger partial charge on any atom is 0.306 e. The Kier molecular flexibility index (Phi) is 32.9. The molecular formula is C42H79NO7. The zero-order valence-electron chi connectivity index (χ0n) is 33.3. The Morgan fingerprint density at radius 1 is 0.580 bits per heavy atom. The fourth-order valence-electron chi connectivity index (χ4n) is 6.11. The summed E-state index contributed by atoms with van der Waals surface area (Å²) in [5.74, 6) is -1.74. The minimum Gasteiger partial charge on any atom is -0.544 e. The van der Waals surface area contributed by atoms with Crippen LogP contribution in [0.3, 0.4) is 0 Å². The molecule has 2 atom stereocenters. The Balaban J connectivity index is 4.31. The van der Waals surface area contributed by atoms with Gasteiger partial charge in [0.25, 0.3) is 0 Å². The van der Waals surface area contributed by atoms with Gasteiger partial charge in [0.1, 0.15) is 12.6 Å². The van der Waals surface area contributed by atoms with Gasteiger partial charge in [-0.05, 0) is 32.1 Å². The van der Waals surface area contributed by atoms with E-state index in [1.54, 1.807) is 21.1 Å². The second-order valence-electron chi connectivity index (χ2n) is 15.2. The third-order valence-corrected chi connectivity index (χ3v) is 9.40. The van der Waals surface area contributed by atoms with Crippen LogP contribution >= 0.6 is 0 Å². The van der Waals surface area contributed by atoms with E-state index in [1.807, 2.05) is 0 Å². The normalized spacial score (nSPS) is 13.1. The number of aliphatic carboxylic acids is 1. The van der Waals surface area contributed by atoms with Crippen molar-refractivity contribution in [2.75, 3.05) is 41.0 Å². The number of nitrogens with zero attached hydrogens (tertiary/aromatic N) is 1. The van der Waals surface area contributed by atoms with Crippen LogP contribution < -0.4 is 5.11 Å². The number of hydrogen-bond donors (Lipinski definition) is 0. The van der Waals surface area contributed by atoms with E-state index in [1.165, 1.54) is 96.3 Å². The average Bonchev–Trinajstić information content (AvgIpc) is 3.06. The van der Waals surface area contributed by atoms with Gasteiger partial charge in [0.05, 0.1) is 40.3 Å². The van der Waals surface area contributed by atoms with Gasteiger partial charge in [0.2, 0.25) is 0 Å². The van der Waals surface area contributed by atoms with E-state index in [0.29, 0.717) is 12.8 Å². The summed E-state index contributed by atoms with van der Waals surface area (Å²) in [6.45, 7) is 4.61. The van der Waals surface area contributed by atoms with Crippen molar-refractivity contribution in [3.8, 4) is 0 Å².